The molecule has 0 radical (unpaired) electrons. The van der Waals surface area contributed by atoms with Crippen LogP contribution in [0.5, 0.6) is 5.88 Å². The van der Waals surface area contributed by atoms with Crippen LogP contribution in [-0.4, -0.2) is 39.9 Å². The van der Waals surface area contributed by atoms with Gasteiger partial charge in [0.25, 0.3) is 5.91 Å². The molecule has 1 N–H and O–H groups in total. The highest BCUT2D eigenvalue weighted by Crippen LogP contribution is 2.27. The number of aromatic nitrogens is 3. The van der Waals surface area contributed by atoms with Crippen LogP contribution in [0.1, 0.15) is 28.5 Å². The molecule has 0 unspecified atom stereocenters. The van der Waals surface area contributed by atoms with Gasteiger partial charge in [-0.05, 0) is 68.8 Å². The van der Waals surface area contributed by atoms with Crippen LogP contribution in [-0.2, 0) is 9.53 Å². The van der Waals surface area contributed by atoms with E-state index in [0.29, 0.717) is 22.6 Å². The first-order valence-electron chi connectivity index (χ1n) is 10.7. The predicted molar refractivity (Wildman–Crippen MR) is 125 cm³/mol. The second-order valence-electron chi connectivity index (χ2n) is 7.59. The van der Waals surface area contributed by atoms with Crippen molar-refractivity contribution in [3.63, 3.8) is 0 Å². The van der Waals surface area contributed by atoms with E-state index in [0.717, 1.165) is 16.6 Å². The van der Waals surface area contributed by atoms with Crippen LogP contribution in [0.2, 0.25) is 0 Å². The third-order valence-corrected chi connectivity index (χ3v) is 5.07. The monoisotopic (exact) mass is 462 g/mol. The number of carbonyl (C=O) groups excluding carboxylic acids is 2. The van der Waals surface area contributed by atoms with Gasteiger partial charge in [0.1, 0.15) is 5.82 Å². The molecule has 0 bridgehead atoms. The Morgan fingerprint density at radius 1 is 1.09 bits per heavy atom. The lowest BCUT2D eigenvalue weighted by Gasteiger charge is -2.09. The minimum Gasteiger partial charge on any atom is -0.467 e. The molecule has 1 amide bonds. The summed E-state index contributed by atoms with van der Waals surface area (Å²) in [5, 5.41) is 8.05. The van der Waals surface area contributed by atoms with Gasteiger partial charge in [-0.25, -0.2) is 13.9 Å². The van der Waals surface area contributed by atoms with E-state index in [-0.39, 0.29) is 24.9 Å². The molecular weight excluding hydrogens is 439 g/mol. The highest BCUT2D eigenvalue weighted by molar-refractivity contribution is 5.93. The fourth-order valence-electron chi connectivity index (χ4n) is 3.58. The zero-order chi connectivity index (χ0) is 24.2. The first-order valence-corrected chi connectivity index (χ1v) is 10.7. The second kappa shape index (κ2) is 9.70. The number of esters is 1. The van der Waals surface area contributed by atoms with Crippen molar-refractivity contribution in [2.24, 2.45) is 0 Å². The van der Waals surface area contributed by atoms with Crippen molar-refractivity contribution in [2.45, 2.75) is 20.8 Å². The summed E-state index contributed by atoms with van der Waals surface area (Å²) in [5.41, 5.74) is 3.57. The summed E-state index contributed by atoms with van der Waals surface area (Å²) in [5.74, 6) is -0.947. The molecule has 0 aliphatic carbocycles. The number of hydrogen-bond acceptors (Lipinski definition) is 6. The maximum Gasteiger partial charge on any atom is 0.338 e. The van der Waals surface area contributed by atoms with Crippen molar-refractivity contribution in [1.29, 1.82) is 0 Å². The lowest BCUT2D eigenvalue weighted by molar-refractivity contribution is -0.118. The number of aryl methyl sites for hydroxylation is 2. The van der Waals surface area contributed by atoms with Crippen LogP contribution < -0.4 is 10.1 Å². The fourth-order valence-corrected chi connectivity index (χ4v) is 3.58. The zero-order valence-corrected chi connectivity index (χ0v) is 19.0. The van der Waals surface area contributed by atoms with Gasteiger partial charge in [0, 0.05) is 17.1 Å². The van der Waals surface area contributed by atoms with Crippen molar-refractivity contribution >= 4 is 28.6 Å². The first-order chi connectivity index (χ1) is 16.4. The number of ether oxygens (including phenoxy) is 2. The SMILES string of the molecule is CCOC(=O)c1ccc(NC(=O)COc2cc(C)c3c(C)nn(-c4cccc(F)c4)c3n2)cc1. The standard InChI is InChI=1S/C25H23FN4O4/c1-4-33-25(32)17-8-10-19(11-9-17)27-21(31)14-34-22-12-15(2)23-16(3)29-30(24(23)28-22)20-7-5-6-18(26)13-20/h5-13H,4,14H2,1-3H3,(H,27,31). The van der Waals surface area contributed by atoms with Crippen LogP contribution in [0.15, 0.2) is 54.6 Å². The van der Waals surface area contributed by atoms with E-state index < -0.39 is 11.9 Å². The van der Waals surface area contributed by atoms with Crippen molar-refractivity contribution in [2.75, 3.05) is 18.5 Å². The lowest BCUT2D eigenvalue weighted by Crippen LogP contribution is -2.20. The number of amides is 1. The molecule has 4 aromatic rings. The number of fused-ring (bicyclic) bond motifs is 1. The Labute approximate surface area is 195 Å². The summed E-state index contributed by atoms with van der Waals surface area (Å²) in [6.07, 6.45) is 0. The molecule has 8 nitrogen and oxygen atoms in total. The average Bonchev–Trinajstić information content (AvgIpc) is 3.15. The number of anilines is 1. The fraction of sp³-hybridized carbons (Fsp3) is 0.200. The summed E-state index contributed by atoms with van der Waals surface area (Å²) in [4.78, 5) is 28.6. The van der Waals surface area contributed by atoms with Crippen LogP contribution in [0.3, 0.4) is 0 Å². The molecule has 0 aliphatic rings. The average molecular weight is 462 g/mol. The minimum atomic E-state index is -0.423. The summed E-state index contributed by atoms with van der Waals surface area (Å²) in [6, 6.07) is 14.2. The summed E-state index contributed by atoms with van der Waals surface area (Å²) < 4.78 is 25.9. The summed E-state index contributed by atoms with van der Waals surface area (Å²) in [6.45, 7) is 5.50. The Morgan fingerprint density at radius 2 is 1.85 bits per heavy atom. The van der Waals surface area contributed by atoms with Crippen LogP contribution in [0, 0.1) is 19.7 Å². The minimum absolute atomic E-state index is 0.246. The highest BCUT2D eigenvalue weighted by atomic mass is 19.1. The number of benzene rings is 2. The zero-order valence-electron chi connectivity index (χ0n) is 19.0. The van der Waals surface area contributed by atoms with Gasteiger partial charge >= 0.3 is 5.97 Å². The molecule has 34 heavy (non-hydrogen) atoms. The molecule has 0 saturated heterocycles. The molecule has 0 fully saturated rings. The van der Waals surface area contributed by atoms with Crippen LogP contribution in [0.25, 0.3) is 16.7 Å². The third kappa shape index (κ3) is 4.88. The van der Waals surface area contributed by atoms with E-state index in [9.17, 15) is 14.0 Å². The number of halogens is 1. The van der Waals surface area contributed by atoms with E-state index >= 15 is 0 Å². The van der Waals surface area contributed by atoms with Crippen molar-refractivity contribution in [3.05, 3.63) is 77.2 Å². The molecule has 2 aromatic carbocycles. The van der Waals surface area contributed by atoms with Crippen LogP contribution in [0.4, 0.5) is 10.1 Å². The quantitative estimate of drug-likeness (QED) is 0.410. The summed E-state index contributed by atoms with van der Waals surface area (Å²) >= 11 is 0. The Kier molecular flexibility index (Phi) is 6.53. The molecule has 2 heterocycles. The number of nitrogens with one attached hydrogen (secondary N) is 1. The second-order valence-corrected chi connectivity index (χ2v) is 7.59. The van der Waals surface area contributed by atoms with E-state index in [1.165, 1.54) is 12.1 Å². The normalized spacial score (nSPS) is 10.8. The van der Waals surface area contributed by atoms with Crippen molar-refractivity contribution in [1.82, 2.24) is 14.8 Å². The van der Waals surface area contributed by atoms with Gasteiger partial charge in [-0.15, -0.1) is 0 Å². The highest BCUT2D eigenvalue weighted by Gasteiger charge is 2.16. The van der Waals surface area contributed by atoms with Gasteiger partial charge in [0.05, 0.1) is 23.6 Å². The van der Waals surface area contributed by atoms with Gasteiger partial charge in [-0.1, -0.05) is 6.07 Å². The predicted octanol–water partition coefficient (Wildman–Crippen LogP) is 4.37. The van der Waals surface area contributed by atoms with E-state index in [2.05, 4.69) is 15.4 Å². The molecule has 0 saturated carbocycles. The smallest absolute Gasteiger partial charge is 0.338 e. The Bertz CT molecular complexity index is 1370. The molecule has 2 aromatic heterocycles. The molecule has 0 atom stereocenters. The summed E-state index contributed by atoms with van der Waals surface area (Å²) in [7, 11) is 0. The van der Waals surface area contributed by atoms with Gasteiger partial charge in [0.2, 0.25) is 5.88 Å². The van der Waals surface area contributed by atoms with Gasteiger partial charge in [0.15, 0.2) is 12.3 Å². The molecule has 0 aliphatic heterocycles. The largest absolute Gasteiger partial charge is 0.467 e. The number of pyridine rings is 1. The maximum atomic E-state index is 13.7. The molecule has 9 heteroatoms. The van der Waals surface area contributed by atoms with E-state index in [1.807, 2.05) is 13.8 Å². The Balaban J connectivity index is 1.48. The maximum absolute atomic E-state index is 13.7. The number of hydrogen-bond donors (Lipinski definition) is 1. The number of carbonyl (C=O) groups is 2. The number of rotatable bonds is 7. The Hall–Kier alpha value is -4.27. The van der Waals surface area contributed by atoms with Crippen LogP contribution >= 0.6 is 0 Å². The number of nitrogens with zero attached hydrogens (tertiary/aromatic N) is 3. The Morgan fingerprint density at radius 3 is 2.56 bits per heavy atom. The molecule has 4 rings (SSSR count). The van der Waals surface area contributed by atoms with Gasteiger partial charge in [-0.2, -0.15) is 10.1 Å². The molecule has 0 spiro atoms. The first kappa shape index (κ1) is 22.9. The third-order valence-electron chi connectivity index (χ3n) is 5.07. The van der Waals surface area contributed by atoms with Crippen molar-refractivity contribution < 1.29 is 23.5 Å². The molecule has 174 valence electrons. The van der Waals surface area contributed by atoms with Gasteiger partial charge in [-0.3, -0.25) is 4.79 Å². The lowest BCUT2D eigenvalue weighted by atomic mass is 10.2. The van der Waals surface area contributed by atoms with E-state index in [1.54, 1.807) is 54.1 Å². The van der Waals surface area contributed by atoms with Crippen molar-refractivity contribution in [3.8, 4) is 11.6 Å². The topological polar surface area (TPSA) is 95.3 Å². The molecular formula is C25H23FN4O4. The van der Waals surface area contributed by atoms with Gasteiger partial charge < -0.3 is 14.8 Å². The van der Waals surface area contributed by atoms with E-state index in [4.69, 9.17) is 9.47 Å².